The van der Waals surface area contributed by atoms with Gasteiger partial charge in [0.15, 0.2) is 0 Å². The van der Waals surface area contributed by atoms with E-state index in [2.05, 4.69) is 69.0 Å². The normalized spacial score (nSPS) is 28.5. The van der Waals surface area contributed by atoms with Crippen molar-refractivity contribution in [2.45, 2.75) is 115 Å². The average Bonchev–Trinajstić information content (AvgIpc) is 3.49. The highest BCUT2D eigenvalue weighted by molar-refractivity contribution is 5.81. The molecule has 260 valence electrons. The Hall–Kier alpha value is -3.42. The summed E-state index contributed by atoms with van der Waals surface area (Å²) < 4.78 is 11.2. The van der Waals surface area contributed by atoms with E-state index in [1.165, 1.54) is 75.6 Å². The molecule has 2 aliphatic carbocycles. The molecule has 2 N–H and O–H groups in total. The predicted molar refractivity (Wildman–Crippen MR) is 191 cm³/mol. The van der Waals surface area contributed by atoms with Crippen molar-refractivity contribution >= 4 is 23.2 Å². The molecule has 0 unspecified atom stereocenters. The second-order valence-electron chi connectivity index (χ2n) is 15.4. The van der Waals surface area contributed by atoms with E-state index in [0.717, 1.165) is 44.0 Å². The summed E-state index contributed by atoms with van der Waals surface area (Å²) in [7, 11) is 0. The van der Waals surface area contributed by atoms with Gasteiger partial charge >= 0.3 is 0 Å². The Balaban J connectivity index is 0.000000152. The molecule has 48 heavy (non-hydrogen) atoms. The third kappa shape index (κ3) is 6.60. The van der Waals surface area contributed by atoms with E-state index in [0.29, 0.717) is 48.6 Å². The summed E-state index contributed by atoms with van der Waals surface area (Å²) in [4.78, 5) is 29.8. The van der Waals surface area contributed by atoms with Crippen molar-refractivity contribution in [2.75, 3.05) is 42.6 Å². The molecule has 2 aromatic carbocycles. The Bertz CT molecular complexity index is 1340. The summed E-state index contributed by atoms with van der Waals surface area (Å²) in [6.07, 6.45) is 15.9. The molecule has 2 spiro atoms. The average molecular weight is 657 g/mol. The standard InChI is InChI=1S/2C20H28N2O2/c1-2-24-17-8-6-16(7-9-17)22-14-15-13-20(10-4-3-5-11-20)18(22)12-19(23)21-15;1-2-24-17-8-6-16(7-9-17)22-14-15-12-20(10-4-3-5-11-20)18(22)13-21-19(15)23/h2*6-9,15,18H,2-5,10-14H2,1H3,(H,21,23)/t2*15-,18+/m00/s1. The highest BCUT2D eigenvalue weighted by Crippen LogP contribution is 2.52. The van der Waals surface area contributed by atoms with Crippen molar-refractivity contribution in [3.8, 4) is 11.5 Å². The minimum atomic E-state index is 0.133. The minimum absolute atomic E-state index is 0.133. The van der Waals surface area contributed by atoms with Crippen molar-refractivity contribution < 1.29 is 19.1 Å². The summed E-state index contributed by atoms with van der Waals surface area (Å²) in [6, 6.07) is 17.9. The number of nitrogens with zero attached hydrogens (tertiary/aromatic N) is 2. The first-order chi connectivity index (χ1) is 23.4. The van der Waals surface area contributed by atoms with E-state index in [4.69, 9.17) is 9.47 Å². The van der Waals surface area contributed by atoms with Crippen molar-refractivity contribution in [1.29, 1.82) is 0 Å². The number of carbonyl (C=O) groups excluding carboxylic acids is 2. The number of fused-ring (bicyclic) bond motifs is 6. The van der Waals surface area contributed by atoms with E-state index in [-0.39, 0.29) is 17.7 Å². The van der Waals surface area contributed by atoms with Gasteiger partial charge in [0.25, 0.3) is 0 Å². The second kappa shape index (κ2) is 14.2. The quantitative estimate of drug-likeness (QED) is 0.354. The fourth-order valence-corrected chi connectivity index (χ4v) is 10.5. The zero-order chi connectivity index (χ0) is 33.1. The predicted octanol–water partition coefficient (Wildman–Crippen LogP) is 6.86. The van der Waals surface area contributed by atoms with Gasteiger partial charge in [-0.3, -0.25) is 9.59 Å². The van der Waals surface area contributed by atoms with Crippen LogP contribution in [0.2, 0.25) is 0 Å². The van der Waals surface area contributed by atoms with Crippen LogP contribution in [-0.2, 0) is 9.59 Å². The maximum Gasteiger partial charge on any atom is 0.224 e. The summed E-state index contributed by atoms with van der Waals surface area (Å²) in [6.45, 7) is 7.98. The molecule has 2 aromatic rings. The number of hydrogen-bond acceptors (Lipinski definition) is 6. The number of hydrogen-bond donors (Lipinski definition) is 2. The van der Waals surface area contributed by atoms with Crippen LogP contribution in [0.15, 0.2) is 48.5 Å². The fourth-order valence-electron chi connectivity index (χ4n) is 10.5. The fraction of sp³-hybridized carbons (Fsp3) is 0.650. The number of amides is 2. The molecule has 8 heteroatoms. The molecule has 2 saturated carbocycles. The summed E-state index contributed by atoms with van der Waals surface area (Å²) in [5.74, 6) is 2.47. The van der Waals surface area contributed by atoms with Crippen LogP contribution in [0.1, 0.15) is 97.3 Å². The molecule has 10 rings (SSSR count). The van der Waals surface area contributed by atoms with Gasteiger partial charge in [-0.05, 0) is 112 Å². The monoisotopic (exact) mass is 656 g/mol. The van der Waals surface area contributed by atoms with Crippen LogP contribution in [0.3, 0.4) is 0 Å². The van der Waals surface area contributed by atoms with Gasteiger partial charge in [0.1, 0.15) is 11.5 Å². The van der Waals surface area contributed by atoms with Gasteiger partial charge < -0.3 is 29.9 Å². The third-order valence-corrected chi connectivity index (χ3v) is 12.5. The summed E-state index contributed by atoms with van der Waals surface area (Å²) in [5.41, 5.74) is 3.10. The number of anilines is 2. The highest BCUT2D eigenvalue weighted by atomic mass is 16.5. The molecule has 8 nitrogen and oxygen atoms in total. The molecular weight excluding hydrogens is 600 g/mol. The largest absolute Gasteiger partial charge is 0.494 e. The van der Waals surface area contributed by atoms with Gasteiger partial charge in [0.2, 0.25) is 11.8 Å². The van der Waals surface area contributed by atoms with E-state index in [9.17, 15) is 9.59 Å². The second-order valence-corrected chi connectivity index (χ2v) is 15.4. The first kappa shape index (κ1) is 33.1. The number of benzene rings is 2. The van der Waals surface area contributed by atoms with Crippen LogP contribution >= 0.6 is 0 Å². The van der Waals surface area contributed by atoms with Gasteiger partial charge in [0.05, 0.1) is 25.2 Å². The Morgan fingerprint density at radius 3 is 1.75 bits per heavy atom. The van der Waals surface area contributed by atoms with Crippen LogP contribution in [0, 0.1) is 16.7 Å². The van der Waals surface area contributed by atoms with Crippen molar-refractivity contribution in [3.63, 3.8) is 0 Å². The van der Waals surface area contributed by atoms with Crippen molar-refractivity contribution in [1.82, 2.24) is 10.6 Å². The smallest absolute Gasteiger partial charge is 0.224 e. The van der Waals surface area contributed by atoms with E-state index >= 15 is 0 Å². The highest BCUT2D eigenvalue weighted by Gasteiger charge is 2.53. The first-order valence-corrected chi connectivity index (χ1v) is 19.0. The molecule has 6 aliphatic heterocycles. The summed E-state index contributed by atoms with van der Waals surface area (Å²) >= 11 is 0. The van der Waals surface area contributed by atoms with Gasteiger partial charge in [-0.15, -0.1) is 0 Å². The van der Waals surface area contributed by atoms with Gasteiger partial charge in [-0.2, -0.15) is 0 Å². The molecule has 4 atom stereocenters. The third-order valence-electron chi connectivity index (χ3n) is 12.5. The number of nitrogens with one attached hydrogen (secondary N) is 2. The Kier molecular flexibility index (Phi) is 9.79. The zero-order valence-corrected chi connectivity index (χ0v) is 29.2. The van der Waals surface area contributed by atoms with Gasteiger partial charge in [0, 0.05) is 49.5 Å². The Morgan fingerprint density at radius 1 is 0.688 bits per heavy atom. The number of rotatable bonds is 6. The molecular formula is C40H56N4O4. The molecule has 0 aromatic heterocycles. The van der Waals surface area contributed by atoms with Crippen LogP contribution < -0.4 is 29.9 Å². The Morgan fingerprint density at radius 2 is 1.21 bits per heavy atom. The molecule has 6 saturated heterocycles. The van der Waals surface area contributed by atoms with E-state index < -0.39 is 0 Å². The maximum atomic E-state index is 12.5. The van der Waals surface area contributed by atoms with E-state index in [1.54, 1.807) is 0 Å². The number of piperidine rings is 2. The number of ether oxygens (including phenoxy) is 2. The lowest BCUT2D eigenvalue weighted by Gasteiger charge is -2.53. The lowest BCUT2D eigenvalue weighted by Crippen LogP contribution is -2.57. The van der Waals surface area contributed by atoms with Crippen LogP contribution in [0.25, 0.3) is 0 Å². The zero-order valence-electron chi connectivity index (χ0n) is 29.2. The van der Waals surface area contributed by atoms with Crippen LogP contribution in [-0.4, -0.2) is 62.8 Å². The van der Waals surface area contributed by atoms with Gasteiger partial charge in [-0.1, -0.05) is 38.5 Å². The summed E-state index contributed by atoms with van der Waals surface area (Å²) in [5, 5.41) is 6.47. The molecule has 8 aliphatic rings. The molecule has 6 heterocycles. The number of carbonyl (C=O) groups is 2. The molecule has 4 bridgehead atoms. The molecule has 8 fully saturated rings. The van der Waals surface area contributed by atoms with Gasteiger partial charge in [-0.25, -0.2) is 0 Å². The van der Waals surface area contributed by atoms with Crippen molar-refractivity contribution in [2.24, 2.45) is 16.7 Å². The lowest BCUT2D eigenvalue weighted by molar-refractivity contribution is -0.125. The van der Waals surface area contributed by atoms with Crippen LogP contribution in [0.5, 0.6) is 11.5 Å². The first-order valence-electron chi connectivity index (χ1n) is 19.0. The van der Waals surface area contributed by atoms with Crippen LogP contribution in [0.4, 0.5) is 11.4 Å². The van der Waals surface area contributed by atoms with Crippen molar-refractivity contribution in [3.05, 3.63) is 48.5 Å². The minimum Gasteiger partial charge on any atom is -0.494 e. The SMILES string of the molecule is CCOc1ccc(N2C[C@@H]3CC4(CCCCC4)[C@H]2CC(=O)N3)cc1.CCOc1ccc(N2C[C@@H]3CC4(CCCCC4)[C@H]2CNC3=O)cc1. The van der Waals surface area contributed by atoms with E-state index in [1.807, 2.05) is 13.8 Å². The molecule has 0 radical (unpaired) electrons. The molecule has 2 amide bonds. The topological polar surface area (TPSA) is 83.1 Å². The maximum absolute atomic E-state index is 12.5. The Labute approximate surface area is 287 Å². The lowest BCUT2D eigenvalue weighted by atomic mass is 9.62.